The minimum Gasteiger partial charge on any atom is -0.475 e. The summed E-state index contributed by atoms with van der Waals surface area (Å²) in [5.74, 6) is 1.28. The molecule has 1 aliphatic rings. The molecule has 10 nitrogen and oxygen atoms in total. The van der Waals surface area contributed by atoms with Crippen LogP contribution in [0.15, 0.2) is 24.7 Å². The molecule has 3 aromatic heterocycles. The molecule has 0 saturated carbocycles. The maximum Gasteiger partial charge on any atom is 0.214 e. The van der Waals surface area contributed by atoms with Crippen LogP contribution in [-0.4, -0.2) is 76.4 Å². The minimum atomic E-state index is -3.19. The number of aromatic amines is 1. The van der Waals surface area contributed by atoms with Crippen molar-refractivity contribution >= 4 is 26.7 Å². The monoisotopic (exact) mass is 431 g/mol. The minimum absolute atomic E-state index is 0.0190. The summed E-state index contributed by atoms with van der Waals surface area (Å²) in [6.45, 7) is 6.14. The number of sulfonamides is 1. The van der Waals surface area contributed by atoms with Gasteiger partial charge in [0.15, 0.2) is 0 Å². The van der Waals surface area contributed by atoms with Crippen LogP contribution >= 0.6 is 0 Å². The number of nitrogens with one attached hydrogen (secondary N) is 1. The largest absolute Gasteiger partial charge is 0.475 e. The van der Waals surface area contributed by atoms with Crippen LogP contribution in [-0.2, 0) is 10.0 Å². The highest BCUT2D eigenvalue weighted by atomic mass is 32.2. The number of hydrogen-bond donors (Lipinski definition) is 1. The highest BCUT2D eigenvalue weighted by molar-refractivity contribution is 7.88. The van der Waals surface area contributed by atoms with Crippen LogP contribution in [0.2, 0.25) is 0 Å². The number of nitrogens with zero attached hydrogens (tertiary/aromatic N) is 6. The van der Waals surface area contributed by atoms with Crippen LogP contribution in [0.4, 0.5) is 5.82 Å². The predicted molar refractivity (Wildman–Crippen MR) is 114 cm³/mol. The maximum absolute atomic E-state index is 11.9. The zero-order valence-electron chi connectivity index (χ0n) is 17.2. The van der Waals surface area contributed by atoms with Gasteiger partial charge in [-0.05, 0) is 20.3 Å². The summed E-state index contributed by atoms with van der Waals surface area (Å²) in [6.07, 6.45) is 5.21. The second-order valence-electron chi connectivity index (χ2n) is 7.57. The highest BCUT2D eigenvalue weighted by Gasteiger charge is 2.22. The first-order chi connectivity index (χ1) is 14.3. The van der Waals surface area contributed by atoms with Crippen molar-refractivity contribution in [3.05, 3.63) is 24.7 Å². The Morgan fingerprint density at radius 3 is 2.70 bits per heavy atom. The third-order valence-corrected chi connectivity index (χ3v) is 6.22. The van der Waals surface area contributed by atoms with Gasteiger partial charge >= 0.3 is 0 Å². The molecule has 160 valence electrons. The van der Waals surface area contributed by atoms with Gasteiger partial charge in [-0.15, -0.1) is 0 Å². The fraction of sp³-hybridized carbons (Fsp3) is 0.474. The lowest BCUT2D eigenvalue weighted by atomic mass is 10.2. The summed E-state index contributed by atoms with van der Waals surface area (Å²) in [7, 11) is -3.19. The Labute approximate surface area is 175 Å². The smallest absolute Gasteiger partial charge is 0.214 e. The number of anilines is 1. The topological polar surface area (TPSA) is 117 Å². The van der Waals surface area contributed by atoms with E-state index in [9.17, 15) is 8.42 Å². The molecule has 30 heavy (non-hydrogen) atoms. The molecule has 0 aliphatic carbocycles. The molecule has 0 atom stereocenters. The second kappa shape index (κ2) is 8.15. The van der Waals surface area contributed by atoms with E-state index in [-0.39, 0.29) is 6.10 Å². The molecular formula is C19H25N7O3S. The van der Waals surface area contributed by atoms with Crippen molar-refractivity contribution in [2.45, 2.75) is 26.4 Å². The van der Waals surface area contributed by atoms with Crippen molar-refractivity contribution in [3.8, 4) is 17.3 Å². The molecule has 4 heterocycles. The Morgan fingerprint density at radius 1 is 1.10 bits per heavy atom. The van der Waals surface area contributed by atoms with Gasteiger partial charge in [0.05, 0.1) is 29.8 Å². The lowest BCUT2D eigenvalue weighted by Crippen LogP contribution is -2.34. The van der Waals surface area contributed by atoms with Crippen molar-refractivity contribution in [3.63, 3.8) is 0 Å². The number of aromatic nitrogens is 5. The molecule has 1 aliphatic heterocycles. The Balaban J connectivity index is 1.62. The zero-order chi connectivity index (χ0) is 21.3. The summed E-state index contributed by atoms with van der Waals surface area (Å²) in [5.41, 5.74) is 2.16. The first-order valence-electron chi connectivity index (χ1n) is 9.84. The Kier molecular flexibility index (Phi) is 5.56. The summed E-state index contributed by atoms with van der Waals surface area (Å²) in [5, 5.41) is 8.27. The van der Waals surface area contributed by atoms with Crippen molar-refractivity contribution in [1.82, 2.24) is 29.5 Å². The molecule has 1 fully saturated rings. The number of H-pyrrole nitrogens is 1. The van der Waals surface area contributed by atoms with Crippen molar-refractivity contribution in [2.75, 3.05) is 37.3 Å². The second-order valence-corrected chi connectivity index (χ2v) is 9.55. The molecule has 3 aromatic rings. The molecule has 0 radical (unpaired) electrons. The van der Waals surface area contributed by atoms with Gasteiger partial charge < -0.3 is 9.64 Å². The van der Waals surface area contributed by atoms with Crippen LogP contribution in [0, 0.1) is 0 Å². The zero-order valence-corrected chi connectivity index (χ0v) is 18.1. The molecule has 1 N–H and O–H groups in total. The Hall–Kier alpha value is -2.79. The molecular weight excluding hydrogens is 406 g/mol. The van der Waals surface area contributed by atoms with Gasteiger partial charge in [-0.2, -0.15) is 5.10 Å². The fourth-order valence-corrected chi connectivity index (χ4v) is 4.38. The number of rotatable bonds is 5. The standard InChI is InChI=1S/C19H25N7O3S/c1-13(2)29-18-9-14-16(11-20-18)23-24-19(14)15-10-17(22-12-21-15)25-5-4-6-26(8-7-25)30(3,27)28/h9-13H,4-8H2,1-3H3,(H,23,24). The average Bonchev–Trinajstić information content (AvgIpc) is 2.93. The van der Waals surface area contributed by atoms with Gasteiger partial charge in [0, 0.05) is 43.7 Å². The van der Waals surface area contributed by atoms with Gasteiger partial charge in [0.1, 0.15) is 17.8 Å². The van der Waals surface area contributed by atoms with Crippen LogP contribution in [0.25, 0.3) is 22.3 Å². The van der Waals surface area contributed by atoms with E-state index in [1.165, 1.54) is 16.9 Å². The van der Waals surface area contributed by atoms with E-state index in [0.29, 0.717) is 36.9 Å². The number of hydrogen-bond acceptors (Lipinski definition) is 8. The van der Waals surface area contributed by atoms with E-state index in [1.807, 2.05) is 26.0 Å². The van der Waals surface area contributed by atoms with Crippen molar-refractivity contribution in [2.24, 2.45) is 0 Å². The molecule has 1 saturated heterocycles. The van der Waals surface area contributed by atoms with Gasteiger partial charge in [-0.1, -0.05) is 0 Å². The van der Waals surface area contributed by atoms with Gasteiger partial charge in [0.25, 0.3) is 0 Å². The molecule has 0 aromatic carbocycles. The van der Waals surface area contributed by atoms with Crippen molar-refractivity contribution < 1.29 is 13.2 Å². The predicted octanol–water partition coefficient (Wildman–Crippen LogP) is 1.67. The number of ether oxygens (including phenoxy) is 1. The first kappa shape index (κ1) is 20.5. The third kappa shape index (κ3) is 4.36. The summed E-state index contributed by atoms with van der Waals surface area (Å²) in [4.78, 5) is 15.2. The lowest BCUT2D eigenvalue weighted by Gasteiger charge is -2.22. The number of pyridine rings is 1. The van der Waals surface area contributed by atoms with E-state index in [0.717, 1.165) is 29.7 Å². The molecule has 0 unspecified atom stereocenters. The lowest BCUT2D eigenvalue weighted by molar-refractivity contribution is 0.233. The summed E-state index contributed by atoms with van der Waals surface area (Å²) in [6, 6.07) is 3.74. The normalized spacial score (nSPS) is 16.2. The molecule has 0 amide bonds. The molecule has 11 heteroatoms. The summed E-state index contributed by atoms with van der Waals surface area (Å²) >= 11 is 0. The van der Waals surface area contributed by atoms with Gasteiger partial charge in [0.2, 0.25) is 15.9 Å². The summed E-state index contributed by atoms with van der Waals surface area (Å²) < 4.78 is 30.9. The molecule has 0 spiro atoms. The molecule has 4 rings (SSSR count). The highest BCUT2D eigenvalue weighted by Crippen LogP contribution is 2.28. The van der Waals surface area contributed by atoms with E-state index in [2.05, 4.69) is 30.0 Å². The van der Waals surface area contributed by atoms with Crippen LogP contribution in [0.3, 0.4) is 0 Å². The maximum atomic E-state index is 11.9. The number of fused-ring (bicyclic) bond motifs is 1. The van der Waals surface area contributed by atoms with Crippen LogP contribution in [0.1, 0.15) is 20.3 Å². The SMILES string of the molecule is CC(C)Oc1cc2c(-c3cc(N4CCCN(S(C)(=O)=O)CC4)ncn3)n[nH]c2cn1. The van der Waals surface area contributed by atoms with Gasteiger partial charge in [-0.25, -0.2) is 27.7 Å². The quantitative estimate of drug-likeness (QED) is 0.648. The van der Waals surface area contributed by atoms with E-state index in [4.69, 9.17) is 4.74 Å². The van der Waals surface area contributed by atoms with Crippen LogP contribution in [0.5, 0.6) is 5.88 Å². The Morgan fingerprint density at radius 2 is 1.93 bits per heavy atom. The van der Waals surface area contributed by atoms with Crippen molar-refractivity contribution in [1.29, 1.82) is 0 Å². The Bertz CT molecular complexity index is 1150. The van der Waals surface area contributed by atoms with E-state index in [1.54, 1.807) is 6.20 Å². The third-order valence-electron chi connectivity index (χ3n) is 4.92. The molecule has 0 bridgehead atoms. The van der Waals surface area contributed by atoms with E-state index < -0.39 is 10.0 Å². The average molecular weight is 432 g/mol. The first-order valence-corrected chi connectivity index (χ1v) is 11.7. The van der Waals surface area contributed by atoms with Crippen LogP contribution < -0.4 is 9.64 Å². The van der Waals surface area contributed by atoms with E-state index >= 15 is 0 Å². The van der Waals surface area contributed by atoms with Gasteiger partial charge in [-0.3, -0.25) is 5.10 Å². The fourth-order valence-electron chi connectivity index (χ4n) is 3.50.